The summed E-state index contributed by atoms with van der Waals surface area (Å²) in [6, 6.07) is 139. The van der Waals surface area contributed by atoms with Crippen LogP contribution in [0.5, 0.6) is 0 Å². The first-order valence-corrected chi connectivity index (χ1v) is 46.1. The Bertz CT molecular complexity index is 9230. The predicted molar refractivity (Wildman–Crippen MR) is 561 cm³/mol. The molecule has 0 saturated heterocycles. The molecular formula is C121H80N14O3. The van der Waals surface area contributed by atoms with E-state index in [0.29, 0.717) is 52.8 Å². The van der Waals surface area contributed by atoms with Gasteiger partial charge in [-0.15, -0.1) is 0 Å². The molecule has 138 heavy (non-hydrogen) atoms. The molecular weight excluding hydrogens is 1700 g/mol. The summed E-state index contributed by atoms with van der Waals surface area (Å²) in [5.74, 6) is 5.49. The van der Waals surface area contributed by atoms with Gasteiger partial charge in [0.15, 0.2) is 34.9 Å². The molecule has 29 rings (SSSR count). The Balaban J connectivity index is 0.0000000971. The molecule has 0 fully saturated rings. The second kappa shape index (κ2) is 32.7. The van der Waals surface area contributed by atoms with Crippen LogP contribution in [0.4, 0.5) is 0 Å². The Labute approximate surface area is 788 Å². The highest BCUT2D eigenvalue weighted by Crippen LogP contribution is 2.45. The first-order chi connectivity index (χ1) is 68.0. The quantitative estimate of drug-likeness (QED) is 0.144. The van der Waals surface area contributed by atoms with E-state index in [1.165, 1.54) is 60.3 Å². The van der Waals surface area contributed by atoms with Crippen molar-refractivity contribution in [3.8, 4) is 86.2 Å². The van der Waals surface area contributed by atoms with Crippen LogP contribution in [-0.4, -0.2) is 68.1 Å². The van der Waals surface area contributed by atoms with E-state index in [1.54, 1.807) is 0 Å². The van der Waals surface area contributed by atoms with E-state index in [1.807, 2.05) is 188 Å². The molecule has 0 spiro atoms. The molecule has 0 radical (unpaired) electrons. The van der Waals surface area contributed by atoms with Crippen molar-refractivity contribution in [2.45, 2.75) is 20.8 Å². The third-order valence-corrected chi connectivity index (χ3v) is 26.5. The molecule has 0 aliphatic carbocycles. The van der Waals surface area contributed by atoms with Crippen molar-refractivity contribution in [2.75, 3.05) is 0 Å². The number of hydrogen-bond donors (Lipinski definition) is 1. The molecule has 0 saturated carbocycles. The zero-order valence-electron chi connectivity index (χ0n) is 75.2. The van der Waals surface area contributed by atoms with Gasteiger partial charge < -0.3 is 22.8 Å². The van der Waals surface area contributed by atoms with Gasteiger partial charge in [0.2, 0.25) is 17.8 Å². The molecule has 0 amide bonds. The lowest BCUT2D eigenvalue weighted by Gasteiger charge is -2.10. The van der Waals surface area contributed by atoms with Crippen molar-refractivity contribution in [2.24, 2.45) is 7.05 Å². The number of nitrogens with zero attached hydrogens (tertiary/aromatic N) is 13. The molecule has 11 heterocycles. The number of para-hydroxylation sites is 5. The molecule has 0 aliphatic rings. The van der Waals surface area contributed by atoms with Gasteiger partial charge in [0.1, 0.15) is 33.5 Å². The van der Waals surface area contributed by atoms with E-state index in [9.17, 15) is 0 Å². The largest absolute Gasteiger partial charge is 0.456 e. The molecule has 0 bridgehead atoms. The minimum Gasteiger partial charge on any atom is -0.456 e. The van der Waals surface area contributed by atoms with Gasteiger partial charge in [-0.2, -0.15) is 29.9 Å². The topological polar surface area (TPSA) is 191 Å². The molecule has 652 valence electrons. The van der Waals surface area contributed by atoms with Crippen molar-refractivity contribution in [1.82, 2.24) is 68.1 Å². The van der Waals surface area contributed by atoms with Gasteiger partial charge >= 0.3 is 0 Å². The molecule has 29 aromatic rings. The van der Waals surface area contributed by atoms with Gasteiger partial charge in [0.05, 0.1) is 38.6 Å². The van der Waals surface area contributed by atoms with Crippen molar-refractivity contribution < 1.29 is 13.3 Å². The lowest BCUT2D eigenvalue weighted by Crippen LogP contribution is -2.06. The first kappa shape index (κ1) is 80.3. The molecule has 0 aliphatic heterocycles. The molecule has 0 atom stereocenters. The van der Waals surface area contributed by atoms with Crippen LogP contribution in [0.1, 0.15) is 16.7 Å². The monoisotopic (exact) mass is 1780 g/mol. The van der Waals surface area contributed by atoms with Gasteiger partial charge in [0, 0.05) is 161 Å². The Kier molecular flexibility index (Phi) is 19.0. The van der Waals surface area contributed by atoms with Crippen LogP contribution in [0.2, 0.25) is 0 Å². The zero-order valence-corrected chi connectivity index (χ0v) is 75.2. The summed E-state index contributed by atoms with van der Waals surface area (Å²) in [6.45, 7) is 6.28. The highest BCUT2D eigenvalue weighted by molar-refractivity contribution is 6.22. The minimum atomic E-state index is 0.570. The molecule has 18 aromatic carbocycles. The van der Waals surface area contributed by atoms with Crippen molar-refractivity contribution >= 4 is 175 Å². The second-order valence-electron chi connectivity index (χ2n) is 35.2. The number of aryl methyl sites for hydroxylation is 4. The number of H-pyrrole nitrogens is 1. The molecule has 17 heteroatoms. The van der Waals surface area contributed by atoms with Crippen LogP contribution in [0.15, 0.2) is 420 Å². The van der Waals surface area contributed by atoms with Gasteiger partial charge in [0.25, 0.3) is 0 Å². The highest BCUT2D eigenvalue weighted by atomic mass is 16.3. The van der Waals surface area contributed by atoms with Crippen molar-refractivity contribution in [3.05, 3.63) is 423 Å². The lowest BCUT2D eigenvalue weighted by atomic mass is 10.1. The van der Waals surface area contributed by atoms with Crippen molar-refractivity contribution in [1.29, 1.82) is 0 Å². The summed E-state index contributed by atoms with van der Waals surface area (Å²) in [6.07, 6.45) is 0. The van der Waals surface area contributed by atoms with Crippen molar-refractivity contribution in [3.63, 3.8) is 0 Å². The summed E-state index contributed by atoms with van der Waals surface area (Å²) in [5, 5.41) is 18.7. The lowest BCUT2D eigenvalue weighted by molar-refractivity contribution is 0.668. The van der Waals surface area contributed by atoms with Crippen LogP contribution in [0.3, 0.4) is 0 Å². The summed E-state index contributed by atoms with van der Waals surface area (Å²) in [5.41, 5.74) is 25.4. The summed E-state index contributed by atoms with van der Waals surface area (Å²) < 4.78 is 27.7. The number of rotatable bonds is 9. The summed E-state index contributed by atoms with van der Waals surface area (Å²) in [4.78, 5) is 48.3. The number of furan rings is 3. The number of aromatic nitrogens is 14. The van der Waals surface area contributed by atoms with E-state index in [2.05, 4.69) is 269 Å². The number of benzene rings is 18. The molecule has 11 aromatic heterocycles. The number of fused-ring (bicyclic) bond motifs is 24. The predicted octanol–water partition coefficient (Wildman–Crippen LogP) is 30.5. The fourth-order valence-corrected chi connectivity index (χ4v) is 19.9. The van der Waals surface area contributed by atoms with Gasteiger partial charge in [-0.25, -0.2) is 15.0 Å². The minimum absolute atomic E-state index is 0.570. The van der Waals surface area contributed by atoms with Gasteiger partial charge in [-0.1, -0.05) is 309 Å². The maximum absolute atomic E-state index is 6.35. The van der Waals surface area contributed by atoms with E-state index in [-0.39, 0.29) is 0 Å². The second-order valence-corrected chi connectivity index (χ2v) is 35.2. The standard InChI is InChI=1S/3C34H22N4O.C19H14N2/c1-21-16-17-30-26(18-21)27-19-25-24-14-8-9-15-28(24)38(29(25)20-31(27)39-30)34-36-32(22-10-4-2-5-11-22)35-33(37-34)23-12-6-3-7-13-23;2*1-21-16-17-25-27-19-26-24-14-8-9-15-28(24)38(29(26)20-31(27)39-30(25)18-21)34-36-32(22-10-4-2-5-11-22)35-33(37-34)23-12-6-3-7-13-23;1-21-18-9-5-3-7-13(18)15-10-14-12-6-2-4-8-16(12)20-17(14)11-19(15)21/h3*2-20H,1H3;2-11,20H,1H3. The number of nitrogens with one attached hydrogen (secondary N) is 1. The summed E-state index contributed by atoms with van der Waals surface area (Å²) >= 11 is 0. The van der Waals surface area contributed by atoms with Crippen LogP contribution >= 0.6 is 0 Å². The fraction of sp³-hybridized carbons (Fsp3) is 0.0331. The Hall–Kier alpha value is -18.6. The van der Waals surface area contributed by atoms with Crippen LogP contribution in [-0.2, 0) is 7.05 Å². The van der Waals surface area contributed by atoms with Crippen LogP contribution in [0.25, 0.3) is 261 Å². The average Bonchev–Trinajstić information content (AvgIpc) is 1.58. The first-order valence-electron chi connectivity index (χ1n) is 46.1. The maximum Gasteiger partial charge on any atom is 0.238 e. The number of aromatic amines is 1. The third kappa shape index (κ3) is 13.8. The number of hydrogen-bond acceptors (Lipinski definition) is 12. The molecule has 1 N–H and O–H groups in total. The van der Waals surface area contributed by atoms with Crippen LogP contribution in [0, 0.1) is 20.8 Å². The Morgan fingerprint density at radius 2 is 0.457 bits per heavy atom. The smallest absolute Gasteiger partial charge is 0.238 e. The van der Waals surface area contributed by atoms with E-state index in [0.717, 1.165) is 165 Å². The van der Waals surface area contributed by atoms with E-state index in [4.69, 9.17) is 58.1 Å². The highest BCUT2D eigenvalue weighted by Gasteiger charge is 2.26. The summed E-state index contributed by atoms with van der Waals surface area (Å²) in [7, 11) is 2.14. The zero-order chi connectivity index (χ0) is 91.7. The normalized spacial score (nSPS) is 11.8. The van der Waals surface area contributed by atoms with E-state index >= 15 is 0 Å². The van der Waals surface area contributed by atoms with Gasteiger partial charge in [-0.3, -0.25) is 13.7 Å². The van der Waals surface area contributed by atoms with Gasteiger partial charge in [-0.05, 0) is 117 Å². The third-order valence-electron chi connectivity index (χ3n) is 26.5. The maximum atomic E-state index is 6.35. The Morgan fingerprint density at radius 3 is 0.833 bits per heavy atom. The SMILES string of the molecule is Cc1ccc2c(c1)oc1cc3c(cc12)c1ccccc1n3-c1nc(-c2ccccc2)nc(-c2ccccc2)n1.Cc1ccc2c(c1)oc1cc3c(cc12)c1ccccc1n3-c1nc(-c2ccccc2)nc(-c2ccccc2)n1.Cc1ccc2oc3cc4c(cc3c2c1)c1ccccc1n4-c1nc(-c2ccccc2)nc(-c2ccccc2)n1.Cn1c2ccccc2c2cc3c(cc21)[nH]c1ccccc13. The Morgan fingerprint density at radius 1 is 0.181 bits per heavy atom. The molecule has 17 nitrogen and oxygen atoms in total. The average molecular weight is 1780 g/mol. The van der Waals surface area contributed by atoms with Crippen LogP contribution < -0.4 is 0 Å². The molecule has 0 unspecified atom stereocenters. The fourth-order valence-electron chi connectivity index (χ4n) is 19.9. The van der Waals surface area contributed by atoms with E-state index < -0.39 is 0 Å².